The number of nitrogen functional groups attached to an aromatic ring is 1. The summed E-state index contributed by atoms with van der Waals surface area (Å²) in [5.41, 5.74) is 11.6. The van der Waals surface area contributed by atoms with Crippen molar-refractivity contribution >= 4 is 22.8 Å². The van der Waals surface area contributed by atoms with Crippen LogP contribution in [0.1, 0.15) is 22.4 Å². The van der Waals surface area contributed by atoms with E-state index in [-0.39, 0.29) is 29.0 Å². The number of aliphatic hydroxyl groups is 2. The van der Waals surface area contributed by atoms with Crippen molar-refractivity contribution in [2.24, 2.45) is 11.6 Å². The van der Waals surface area contributed by atoms with Crippen LogP contribution in [0.2, 0.25) is 0 Å². The molecule has 130 valence electrons. The van der Waals surface area contributed by atoms with Crippen molar-refractivity contribution in [2.75, 3.05) is 12.3 Å². The second-order valence-corrected chi connectivity index (χ2v) is 5.55. The molecule has 1 aliphatic rings. The number of ether oxygens (including phenoxy) is 1. The van der Waals surface area contributed by atoms with E-state index in [1.54, 1.807) is 6.92 Å². The molecular weight excluding hydrogens is 320 g/mol. The third-order valence-electron chi connectivity index (χ3n) is 3.95. The Labute approximate surface area is 135 Å². The number of carbonyl (C=O) groups excluding carboxylic acids is 1. The zero-order valence-corrected chi connectivity index (χ0v) is 12.8. The summed E-state index contributed by atoms with van der Waals surface area (Å²) in [6.07, 6.45) is -3.02. The maximum absolute atomic E-state index is 11.7. The van der Waals surface area contributed by atoms with Gasteiger partial charge in [0, 0.05) is 6.20 Å². The van der Waals surface area contributed by atoms with E-state index in [9.17, 15) is 15.0 Å². The van der Waals surface area contributed by atoms with Gasteiger partial charge in [-0.25, -0.2) is 15.9 Å². The highest BCUT2D eigenvalue weighted by Gasteiger charge is 2.44. The average Bonchev–Trinajstić information content (AvgIpc) is 3.01. The number of carbonyl (C=O) groups is 1. The number of hydrogen-bond donors (Lipinski definition) is 5. The number of amides is 1. The van der Waals surface area contributed by atoms with Crippen LogP contribution in [0, 0.1) is 6.92 Å². The Bertz CT molecular complexity index is 793. The molecule has 0 spiro atoms. The summed E-state index contributed by atoms with van der Waals surface area (Å²) in [6, 6.07) is 0. The summed E-state index contributed by atoms with van der Waals surface area (Å²) >= 11 is 0. The standard InChI is InChI=1S/C13H18N6O5/c1-4-17-10(14)7-5(11(15)22)2-19(12(7)18-4)13-9(21)8(20)6(24-13)3-23-16/h2,6,8-9,13,20-21H,3,16H2,1H3,(H2,15,22)(H2,14,17,18). The van der Waals surface area contributed by atoms with Crippen LogP contribution in [0.4, 0.5) is 5.82 Å². The number of nitrogens with two attached hydrogens (primary N) is 3. The van der Waals surface area contributed by atoms with Crippen LogP contribution in [0.25, 0.3) is 11.0 Å². The first-order chi connectivity index (χ1) is 11.3. The van der Waals surface area contributed by atoms with E-state index in [1.165, 1.54) is 10.8 Å². The quantitative estimate of drug-likeness (QED) is 0.390. The van der Waals surface area contributed by atoms with Gasteiger partial charge in [-0.1, -0.05) is 0 Å². The van der Waals surface area contributed by atoms with Gasteiger partial charge in [0.15, 0.2) is 6.23 Å². The van der Waals surface area contributed by atoms with E-state index in [4.69, 9.17) is 22.1 Å². The molecule has 1 fully saturated rings. The molecule has 2 aromatic heterocycles. The molecule has 0 aromatic carbocycles. The molecule has 11 nitrogen and oxygen atoms in total. The minimum atomic E-state index is -1.29. The fourth-order valence-electron chi connectivity index (χ4n) is 2.86. The molecule has 0 radical (unpaired) electrons. The Balaban J connectivity index is 2.15. The minimum Gasteiger partial charge on any atom is -0.387 e. The summed E-state index contributed by atoms with van der Waals surface area (Å²) in [5, 5.41) is 20.6. The number of fused-ring (bicyclic) bond motifs is 1. The third kappa shape index (κ3) is 2.48. The maximum Gasteiger partial charge on any atom is 0.251 e. The fourth-order valence-corrected chi connectivity index (χ4v) is 2.86. The van der Waals surface area contributed by atoms with Gasteiger partial charge in [-0.05, 0) is 6.92 Å². The second-order valence-electron chi connectivity index (χ2n) is 5.55. The molecule has 11 heteroatoms. The number of hydrogen-bond acceptors (Lipinski definition) is 9. The van der Waals surface area contributed by atoms with Crippen LogP contribution < -0.4 is 17.4 Å². The molecule has 4 atom stereocenters. The van der Waals surface area contributed by atoms with E-state index in [1.807, 2.05) is 0 Å². The van der Waals surface area contributed by atoms with E-state index < -0.39 is 30.4 Å². The smallest absolute Gasteiger partial charge is 0.251 e. The Morgan fingerprint density at radius 1 is 1.42 bits per heavy atom. The van der Waals surface area contributed by atoms with Gasteiger partial charge in [0.05, 0.1) is 17.6 Å². The highest BCUT2D eigenvalue weighted by Crippen LogP contribution is 2.34. The number of primary amides is 1. The first-order valence-electron chi connectivity index (χ1n) is 7.13. The van der Waals surface area contributed by atoms with Crippen LogP contribution >= 0.6 is 0 Å². The van der Waals surface area contributed by atoms with E-state index in [0.717, 1.165) is 0 Å². The Hall–Kier alpha value is -2.31. The SMILES string of the molecule is Cc1nc(N)c2c(C(N)=O)cn(C3OC(CON)C(O)C3O)c2n1. The van der Waals surface area contributed by atoms with Gasteiger partial charge in [-0.2, -0.15) is 0 Å². The largest absolute Gasteiger partial charge is 0.387 e. The van der Waals surface area contributed by atoms with Crippen LogP contribution in [-0.2, 0) is 9.57 Å². The zero-order chi connectivity index (χ0) is 17.6. The fraction of sp³-hybridized carbons (Fsp3) is 0.462. The minimum absolute atomic E-state index is 0.0833. The number of anilines is 1. The zero-order valence-electron chi connectivity index (χ0n) is 12.8. The molecule has 1 aliphatic heterocycles. The molecule has 0 bridgehead atoms. The molecule has 3 heterocycles. The molecular formula is C13H18N6O5. The molecule has 2 aromatic rings. The Morgan fingerprint density at radius 2 is 2.12 bits per heavy atom. The normalized spacial score (nSPS) is 27.0. The lowest BCUT2D eigenvalue weighted by Crippen LogP contribution is -2.34. The summed E-state index contributed by atoms with van der Waals surface area (Å²) in [4.78, 5) is 24.4. The lowest BCUT2D eigenvalue weighted by molar-refractivity contribution is -0.0658. The Morgan fingerprint density at radius 3 is 2.75 bits per heavy atom. The molecule has 4 unspecified atom stereocenters. The highest BCUT2D eigenvalue weighted by molar-refractivity contribution is 6.08. The predicted molar refractivity (Wildman–Crippen MR) is 81.3 cm³/mol. The molecule has 0 saturated carbocycles. The number of aromatic nitrogens is 3. The number of aliphatic hydroxyl groups excluding tert-OH is 2. The first-order valence-corrected chi connectivity index (χ1v) is 7.13. The molecule has 24 heavy (non-hydrogen) atoms. The van der Waals surface area contributed by atoms with E-state index in [0.29, 0.717) is 5.82 Å². The monoisotopic (exact) mass is 338 g/mol. The summed E-state index contributed by atoms with van der Waals surface area (Å²) in [7, 11) is 0. The predicted octanol–water partition coefficient (Wildman–Crippen LogP) is -2.07. The van der Waals surface area contributed by atoms with E-state index >= 15 is 0 Å². The number of aryl methyl sites for hydroxylation is 1. The van der Waals surface area contributed by atoms with Gasteiger partial charge in [0.25, 0.3) is 5.91 Å². The molecule has 3 rings (SSSR count). The second kappa shape index (κ2) is 5.96. The van der Waals surface area contributed by atoms with Crippen LogP contribution in [0.5, 0.6) is 0 Å². The van der Waals surface area contributed by atoms with Gasteiger partial charge in [0.1, 0.15) is 35.6 Å². The molecule has 8 N–H and O–H groups in total. The van der Waals surface area contributed by atoms with Gasteiger partial charge in [0.2, 0.25) is 0 Å². The lowest BCUT2D eigenvalue weighted by Gasteiger charge is -2.17. The van der Waals surface area contributed by atoms with Crippen molar-refractivity contribution in [1.29, 1.82) is 0 Å². The average molecular weight is 338 g/mol. The van der Waals surface area contributed by atoms with Gasteiger partial charge in [-0.3, -0.25) is 4.79 Å². The lowest BCUT2D eigenvalue weighted by atomic mass is 10.1. The van der Waals surface area contributed by atoms with Crippen LogP contribution in [0.15, 0.2) is 6.20 Å². The maximum atomic E-state index is 11.7. The van der Waals surface area contributed by atoms with Crippen molar-refractivity contribution < 1.29 is 24.6 Å². The van der Waals surface area contributed by atoms with Gasteiger partial charge in [-0.15, -0.1) is 0 Å². The van der Waals surface area contributed by atoms with Crippen molar-refractivity contribution in [1.82, 2.24) is 14.5 Å². The molecule has 1 amide bonds. The van der Waals surface area contributed by atoms with Crippen LogP contribution in [-0.4, -0.2) is 55.6 Å². The third-order valence-corrected chi connectivity index (χ3v) is 3.95. The van der Waals surface area contributed by atoms with Crippen LogP contribution in [0.3, 0.4) is 0 Å². The topological polar surface area (TPSA) is 185 Å². The van der Waals surface area contributed by atoms with Gasteiger partial charge < -0.3 is 35.8 Å². The van der Waals surface area contributed by atoms with Gasteiger partial charge >= 0.3 is 0 Å². The number of rotatable bonds is 4. The van der Waals surface area contributed by atoms with Crippen molar-refractivity contribution in [3.63, 3.8) is 0 Å². The van der Waals surface area contributed by atoms with Crippen molar-refractivity contribution in [3.05, 3.63) is 17.6 Å². The number of nitrogens with zero attached hydrogens (tertiary/aromatic N) is 3. The Kier molecular flexibility index (Phi) is 4.11. The van der Waals surface area contributed by atoms with Crippen molar-refractivity contribution in [2.45, 2.75) is 31.5 Å². The highest BCUT2D eigenvalue weighted by atomic mass is 16.6. The summed E-state index contributed by atoms with van der Waals surface area (Å²) in [5.74, 6) is 4.72. The molecule has 1 saturated heterocycles. The summed E-state index contributed by atoms with van der Waals surface area (Å²) < 4.78 is 6.99. The summed E-state index contributed by atoms with van der Waals surface area (Å²) in [6.45, 7) is 1.51. The van der Waals surface area contributed by atoms with E-state index in [2.05, 4.69) is 14.8 Å². The van der Waals surface area contributed by atoms with Crippen molar-refractivity contribution in [3.8, 4) is 0 Å². The molecule has 0 aliphatic carbocycles. The first kappa shape index (κ1) is 16.5.